The summed E-state index contributed by atoms with van der Waals surface area (Å²) in [6.45, 7) is 2.94. The lowest BCUT2D eigenvalue weighted by atomic mass is 10.1. The van der Waals surface area contributed by atoms with Gasteiger partial charge in [-0.3, -0.25) is 9.98 Å². The molecule has 2 N–H and O–H groups in total. The number of nitrogens with one attached hydrogen (secondary N) is 2. The fraction of sp³-hybridized carbons (Fsp3) is 0.238. The number of benzene rings is 2. The van der Waals surface area contributed by atoms with Crippen LogP contribution in [0.3, 0.4) is 0 Å². The fourth-order valence-corrected chi connectivity index (χ4v) is 2.91. The Balaban J connectivity index is 0.00000243. The van der Waals surface area contributed by atoms with Crippen molar-refractivity contribution in [1.82, 2.24) is 15.6 Å². The van der Waals surface area contributed by atoms with Gasteiger partial charge in [0.2, 0.25) is 0 Å². The summed E-state index contributed by atoms with van der Waals surface area (Å²) in [6, 6.07) is 21.0. The number of fused-ring (bicyclic) bond motifs is 1. The molecular weight excluding hydrogens is 435 g/mol. The summed E-state index contributed by atoms with van der Waals surface area (Å²) in [5.74, 6) is 0.810. The molecular formula is C21H25IN4. The van der Waals surface area contributed by atoms with Crippen molar-refractivity contribution in [1.29, 1.82) is 0 Å². The molecule has 0 fully saturated rings. The Labute approximate surface area is 172 Å². The van der Waals surface area contributed by atoms with E-state index in [1.54, 1.807) is 7.05 Å². The Morgan fingerprint density at radius 2 is 1.81 bits per heavy atom. The van der Waals surface area contributed by atoms with Gasteiger partial charge in [0, 0.05) is 25.2 Å². The Bertz CT molecular complexity index is 844. The number of rotatable bonds is 5. The van der Waals surface area contributed by atoms with Crippen molar-refractivity contribution in [2.75, 3.05) is 13.6 Å². The minimum Gasteiger partial charge on any atom is -0.356 e. The van der Waals surface area contributed by atoms with Gasteiger partial charge in [-0.15, -0.1) is 24.0 Å². The Hall–Kier alpha value is -2.15. The standard InChI is InChI=1S/C21H24N4.HI/c1-16(17-8-4-3-5-9-17)25-21(22-2)24-15-13-19-11-6-10-18-12-7-14-23-20(18)19;/h3-12,14,16H,13,15H2,1-2H3,(H2,22,24,25);1H. The summed E-state index contributed by atoms with van der Waals surface area (Å²) >= 11 is 0. The smallest absolute Gasteiger partial charge is 0.191 e. The number of hydrogen-bond donors (Lipinski definition) is 2. The summed E-state index contributed by atoms with van der Waals surface area (Å²) in [4.78, 5) is 8.84. The van der Waals surface area contributed by atoms with Crippen molar-refractivity contribution in [3.8, 4) is 0 Å². The third kappa shape index (κ3) is 5.17. The van der Waals surface area contributed by atoms with Gasteiger partial charge < -0.3 is 10.6 Å². The molecule has 1 aromatic heterocycles. The molecule has 0 aliphatic heterocycles. The zero-order valence-corrected chi connectivity index (χ0v) is 17.5. The average Bonchev–Trinajstić information content (AvgIpc) is 2.68. The highest BCUT2D eigenvalue weighted by molar-refractivity contribution is 14.0. The maximum atomic E-state index is 4.51. The van der Waals surface area contributed by atoms with Gasteiger partial charge in [-0.25, -0.2) is 0 Å². The molecule has 0 aliphatic rings. The molecule has 136 valence electrons. The lowest BCUT2D eigenvalue weighted by Crippen LogP contribution is -2.39. The molecule has 3 aromatic rings. The number of halogens is 1. The van der Waals surface area contributed by atoms with Crippen LogP contribution in [0.15, 0.2) is 71.9 Å². The second-order valence-corrected chi connectivity index (χ2v) is 6.02. The van der Waals surface area contributed by atoms with E-state index >= 15 is 0 Å². The summed E-state index contributed by atoms with van der Waals surface area (Å²) in [7, 11) is 1.80. The number of hydrogen-bond acceptors (Lipinski definition) is 2. The fourth-order valence-electron chi connectivity index (χ4n) is 2.91. The number of guanidine groups is 1. The second kappa shape index (κ2) is 10.1. The number of para-hydroxylation sites is 1. The quantitative estimate of drug-likeness (QED) is 0.339. The largest absolute Gasteiger partial charge is 0.356 e. The van der Waals surface area contributed by atoms with Gasteiger partial charge in [-0.2, -0.15) is 0 Å². The molecule has 0 spiro atoms. The van der Waals surface area contributed by atoms with Crippen LogP contribution < -0.4 is 10.6 Å². The van der Waals surface area contributed by atoms with Crippen molar-refractivity contribution in [3.05, 3.63) is 78.0 Å². The van der Waals surface area contributed by atoms with Crippen LogP contribution in [0, 0.1) is 0 Å². The number of aromatic nitrogens is 1. The van der Waals surface area contributed by atoms with Crippen LogP contribution >= 0.6 is 24.0 Å². The predicted molar refractivity (Wildman–Crippen MR) is 120 cm³/mol. The highest BCUT2D eigenvalue weighted by Crippen LogP contribution is 2.16. The van der Waals surface area contributed by atoms with Crippen molar-refractivity contribution in [3.63, 3.8) is 0 Å². The van der Waals surface area contributed by atoms with Crippen LogP contribution in [0.5, 0.6) is 0 Å². The Kier molecular flexibility index (Phi) is 7.84. The van der Waals surface area contributed by atoms with Gasteiger partial charge in [0.15, 0.2) is 5.96 Å². The van der Waals surface area contributed by atoms with E-state index in [1.165, 1.54) is 16.5 Å². The maximum absolute atomic E-state index is 4.51. The second-order valence-electron chi connectivity index (χ2n) is 6.02. The van der Waals surface area contributed by atoms with E-state index in [1.807, 2.05) is 18.3 Å². The van der Waals surface area contributed by atoms with E-state index < -0.39 is 0 Å². The first-order valence-electron chi connectivity index (χ1n) is 8.62. The van der Waals surface area contributed by atoms with Gasteiger partial charge >= 0.3 is 0 Å². The van der Waals surface area contributed by atoms with Crippen LogP contribution in [-0.2, 0) is 6.42 Å². The molecule has 2 aromatic carbocycles. The van der Waals surface area contributed by atoms with Crippen LogP contribution in [-0.4, -0.2) is 24.5 Å². The summed E-state index contributed by atoms with van der Waals surface area (Å²) in [5.41, 5.74) is 3.56. The Morgan fingerprint density at radius 1 is 1.04 bits per heavy atom. The van der Waals surface area contributed by atoms with Gasteiger partial charge in [0.05, 0.1) is 11.6 Å². The van der Waals surface area contributed by atoms with Gasteiger partial charge in [0.25, 0.3) is 0 Å². The van der Waals surface area contributed by atoms with Crippen molar-refractivity contribution >= 4 is 40.8 Å². The average molecular weight is 460 g/mol. The van der Waals surface area contributed by atoms with E-state index in [9.17, 15) is 0 Å². The molecule has 4 nitrogen and oxygen atoms in total. The maximum Gasteiger partial charge on any atom is 0.191 e. The molecule has 0 amide bonds. The summed E-state index contributed by atoms with van der Waals surface area (Å²) < 4.78 is 0. The lowest BCUT2D eigenvalue weighted by Gasteiger charge is -2.18. The van der Waals surface area contributed by atoms with E-state index in [4.69, 9.17) is 0 Å². The molecule has 5 heteroatoms. The first kappa shape index (κ1) is 20.2. The number of pyridine rings is 1. The number of nitrogens with zero attached hydrogens (tertiary/aromatic N) is 2. The zero-order valence-electron chi connectivity index (χ0n) is 15.1. The zero-order chi connectivity index (χ0) is 17.5. The monoisotopic (exact) mass is 460 g/mol. The van der Waals surface area contributed by atoms with Crippen molar-refractivity contribution in [2.24, 2.45) is 4.99 Å². The van der Waals surface area contributed by atoms with E-state index in [2.05, 4.69) is 76.1 Å². The SMILES string of the molecule is CN=C(NCCc1cccc2cccnc12)NC(C)c1ccccc1.I. The molecule has 0 aliphatic carbocycles. The molecule has 3 rings (SSSR count). The normalized spacial score (nSPS) is 12.3. The predicted octanol–water partition coefficient (Wildman–Crippen LogP) is 4.32. The van der Waals surface area contributed by atoms with Gasteiger partial charge in [-0.05, 0) is 30.5 Å². The molecule has 26 heavy (non-hydrogen) atoms. The Morgan fingerprint density at radius 3 is 2.58 bits per heavy atom. The molecule has 0 radical (unpaired) electrons. The lowest BCUT2D eigenvalue weighted by molar-refractivity contribution is 0.684. The van der Waals surface area contributed by atoms with E-state index in [0.717, 1.165) is 24.4 Å². The molecule has 0 bridgehead atoms. The van der Waals surface area contributed by atoms with E-state index in [-0.39, 0.29) is 30.0 Å². The first-order chi connectivity index (χ1) is 12.3. The van der Waals surface area contributed by atoms with Crippen LogP contribution in [0.4, 0.5) is 0 Å². The molecule has 1 atom stereocenters. The summed E-state index contributed by atoms with van der Waals surface area (Å²) in [6.07, 6.45) is 2.75. The summed E-state index contributed by atoms with van der Waals surface area (Å²) in [5, 5.41) is 8.00. The third-order valence-corrected chi connectivity index (χ3v) is 4.28. The highest BCUT2D eigenvalue weighted by atomic mass is 127. The van der Waals surface area contributed by atoms with Gasteiger partial charge in [0.1, 0.15) is 0 Å². The molecule has 0 saturated carbocycles. The van der Waals surface area contributed by atoms with Crippen LogP contribution in [0.25, 0.3) is 10.9 Å². The molecule has 1 heterocycles. The minimum absolute atomic E-state index is 0. The highest BCUT2D eigenvalue weighted by Gasteiger charge is 2.07. The molecule has 1 unspecified atom stereocenters. The van der Waals surface area contributed by atoms with Gasteiger partial charge in [-0.1, -0.05) is 54.6 Å². The van der Waals surface area contributed by atoms with Crippen LogP contribution in [0.2, 0.25) is 0 Å². The molecule has 0 saturated heterocycles. The topological polar surface area (TPSA) is 49.3 Å². The van der Waals surface area contributed by atoms with Crippen molar-refractivity contribution < 1.29 is 0 Å². The van der Waals surface area contributed by atoms with Crippen molar-refractivity contribution in [2.45, 2.75) is 19.4 Å². The van der Waals surface area contributed by atoms with Crippen LogP contribution in [0.1, 0.15) is 24.1 Å². The first-order valence-corrected chi connectivity index (χ1v) is 8.62. The number of aliphatic imine (C=N–C) groups is 1. The third-order valence-electron chi connectivity index (χ3n) is 4.28. The van der Waals surface area contributed by atoms with E-state index in [0.29, 0.717) is 0 Å². The minimum atomic E-state index is 0.